The molecule has 176 valence electrons. The van der Waals surface area contributed by atoms with Crippen molar-refractivity contribution in [1.82, 2.24) is 0 Å². The van der Waals surface area contributed by atoms with E-state index in [-0.39, 0.29) is 24.3 Å². The molecule has 0 atom stereocenters. The minimum absolute atomic E-state index is 0.0102. The molecule has 4 N–H and O–H groups in total. The second-order valence-electron chi connectivity index (χ2n) is 6.27. The maximum absolute atomic E-state index is 14.3. The minimum atomic E-state index is -5.51. The molecule has 0 radical (unpaired) electrons. The molecule has 3 aromatic rings. The zero-order chi connectivity index (χ0) is 24.8. The Hall–Kier alpha value is -3.84. The average Bonchev–Trinajstić information content (AvgIpc) is 2.70. The first-order chi connectivity index (χ1) is 15.2. The molecule has 33 heavy (non-hydrogen) atoms. The Morgan fingerprint density at radius 3 is 1.48 bits per heavy atom. The number of alkyl halides is 3. The molecule has 0 aliphatic carbocycles. The van der Waals surface area contributed by atoms with E-state index in [0.717, 1.165) is 0 Å². The SMILES string of the molecule is Nc1c(F)cc(F)c(Oc2cc(F)c(C(F)(F)F)c(Oc3c(F)cc(F)c(N)c3F)c2)c1F. The second kappa shape index (κ2) is 8.26. The summed E-state index contributed by atoms with van der Waals surface area (Å²) in [6.07, 6.45) is -5.51. The topological polar surface area (TPSA) is 70.5 Å². The molecule has 0 bridgehead atoms. The van der Waals surface area contributed by atoms with Crippen LogP contribution in [0.2, 0.25) is 0 Å². The highest BCUT2D eigenvalue weighted by molar-refractivity contribution is 5.53. The van der Waals surface area contributed by atoms with Crippen molar-refractivity contribution in [1.29, 1.82) is 0 Å². The van der Waals surface area contributed by atoms with Crippen molar-refractivity contribution in [2.24, 2.45) is 0 Å². The minimum Gasteiger partial charge on any atom is -0.451 e. The number of nitrogen functional groups attached to an aromatic ring is 2. The molecule has 0 aliphatic heterocycles. The zero-order valence-electron chi connectivity index (χ0n) is 15.6. The van der Waals surface area contributed by atoms with Gasteiger partial charge in [-0.3, -0.25) is 0 Å². The normalized spacial score (nSPS) is 11.6. The van der Waals surface area contributed by atoms with Crippen molar-refractivity contribution in [3.05, 3.63) is 70.5 Å². The van der Waals surface area contributed by atoms with E-state index in [1.807, 2.05) is 0 Å². The van der Waals surface area contributed by atoms with E-state index in [1.54, 1.807) is 0 Å². The van der Waals surface area contributed by atoms with Crippen LogP contribution in [0.25, 0.3) is 0 Å². The number of hydrogen-bond acceptors (Lipinski definition) is 4. The van der Waals surface area contributed by atoms with Gasteiger partial charge in [-0.05, 0) is 0 Å². The number of nitrogens with two attached hydrogens (primary N) is 2. The molecule has 0 fully saturated rings. The summed E-state index contributed by atoms with van der Waals surface area (Å²) in [5.74, 6) is -18.4. The smallest absolute Gasteiger partial charge is 0.422 e. The van der Waals surface area contributed by atoms with Gasteiger partial charge in [-0.1, -0.05) is 0 Å². The molecule has 0 heterocycles. The Morgan fingerprint density at radius 2 is 1.03 bits per heavy atom. The van der Waals surface area contributed by atoms with Crippen molar-refractivity contribution < 1.29 is 53.4 Å². The molecule has 14 heteroatoms. The summed E-state index contributed by atoms with van der Waals surface area (Å²) in [6.45, 7) is 0. The van der Waals surface area contributed by atoms with Gasteiger partial charge in [-0.15, -0.1) is 0 Å². The summed E-state index contributed by atoms with van der Waals surface area (Å²) in [4.78, 5) is 0. The quantitative estimate of drug-likeness (QED) is 0.330. The van der Waals surface area contributed by atoms with Crippen LogP contribution in [0.4, 0.5) is 55.3 Å². The highest BCUT2D eigenvalue weighted by Crippen LogP contribution is 2.44. The third-order valence-electron chi connectivity index (χ3n) is 4.07. The van der Waals surface area contributed by atoms with Crippen LogP contribution in [0.3, 0.4) is 0 Å². The molecule has 0 unspecified atom stereocenters. The Morgan fingerprint density at radius 1 is 0.576 bits per heavy atom. The summed E-state index contributed by atoms with van der Waals surface area (Å²) < 4.78 is 146. The lowest BCUT2D eigenvalue weighted by Crippen LogP contribution is -2.12. The maximum atomic E-state index is 14.3. The fourth-order valence-electron chi connectivity index (χ4n) is 2.56. The first-order valence-corrected chi connectivity index (χ1v) is 8.34. The van der Waals surface area contributed by atoms with Crippen LogP contribution in [-0.2, 0) is 6.18 Å². The Kier molecular flexibility index (Phi) is 5.96. The van der Waals surface area contributed by atoms with Gasteiger partial charge in [0.1, 0.15) is 34.3 Å². The standard InChI is InChI=1S/C19H8F10N2O2/c20-6-1-5(32-17-9(23)3-7(21)15(30)13(17)25)2-11(12(6)19(27,28)29)33-18-10(24)4-8(22)16(31)14(18)26/h1-4H,30-31H2. The van der Waals surface area contributed by atoms with Gasteiger partial charge in [-0.2, -0.15) is 13.2 Å². The number of anilines is 2. The van der Waals surface area contributed by atoms with Crippen LogP contribution in [0.1, 0.15) is 5.56 Å². The highest BCUT2D eigenvalue weighted by atomic mass is 19.4. The lowest BCUT2D eigenvalue weighted by Gasteiger charge is -2.18. The Labute approximate surface area is 176 Å². The third-order valence-corrected chi connectivity index (χ3v) is 4.07. The first kappa shape index (κ1) is 23.8. The van der Waals surface area contributed by atoms with Gasteiger partial charge in [0.15, 0.2) is 34.9 Å². The number of hydrogen-bond donors (Lipinski definition) is 2. The van der Waals surface area contributed by atoms with Crippen molar-refractivity contribution in [2.75, 3.05) is 11.5 Å². The van der Waals surface area contributed by atoms with Gasteiger partial charge in [0.2, 0.25) is 11.5 Å². The van der Waals surface area contributed by atoms with Crippen molar-refractivity contribution in [2.45, 2.75) is 6.18 Å². The Bertz CT molecular complexity index is 1260. The number of ether oxygens (including phenoxy) is 2. The molecule has 0 aliphatic rings. The molecule has 0 spiro atoms. The predicted molar refractivity (Wildman–Crippen MR) is 93.0 cm³/mol. The molecule has 0 amide bonds. The van der Waals surface area contributed by atoms with E-state index in [1.165, 1.54) is 0 Å². The van der Waals surface area contributed by atoms with Crippen LogP contribution in [0.5, 0.6) is 23.0 Å². The molecular weight excluding hydrogens is 478 g/mol. The molecule has 3 aromatic carbocycles. The van der Waals surface area contributed by atoms with Gasteiger partial charge in [0.25, 0.3) is 0 Å². The van der Waals surface area contributed by atoms with Gasteiger partial charge < -0.3 is 20.9 Å². The van der Waals surface area contributed by atoms with Crippen molar-refractivity contribution in [3.63, 3.8) is 0 Å². The van der Waals surface area contributed by atoms with E-state index < -0.39 is 86.8 Å². The van der Waals surface area contributed by atoms with E-state index in [9.17, 15) is 43.9 Å². The fourth-order valence-corrected chi connectivity index (χ4v) is 2.56. The van der Waals surface area contributed by atoms with E-state index in [0.29, 0.717) is 0 Å². The summed E-state index contributed by atoms with van der Waals surface area (Å²) >= 11 is 0. The Balaban J connectivity index is 2.17. The van der Waals surface area contributed by atoms with Crippen molar-refractivity contribution in [3.8, 4) is 23.0 Å². The fraction of sp³-hybridized carbons (Fsp3) is 0.0526. The van der Waals surface area contributed by atoms with E-state index in [2.05, 4.69) is 9.47 Å². The summed E-state index contributed by atoms with van der Waals surface area (Å²) in [5.41, 5.74) is 5.31. The molecule has 3 rings (SSSR count). The summed E-state index contributed by atoms with van der Waals surface area (Å²) in [7, 11) is 0. The monoisotopic (exact) mass is 486 g/mol. The molecule has 4 nitrogen and oxygen atoms in total. The second-order valence-corrected chi connectivity index (χ2v) is 6.27. The molecule has 0 saturated carbocycles. The van der Waals surface area contributed by atoms with E-state index >= 15 is 0 Å². The predicted octanol–water partition coefficient (Wildman–Crippen LogP) is 6.43. The van der Waals surface area contributed by atoms with Crippen LogP contribution in [0.15, 0.2) is 24.3 Å². The maximum Gasteiger partial charge on any atom is 0.422 e. The number of halogens is 10. The van der Waals surface area contributed by atoms with Gasteiger partial charge in [-0.25, -0.2) is 30.7 Å². The van der Waals surface area contributed by atoms with Crippen LogP contribution >= 0.6 is 0 Å². The lowest BCUT2D eigenvalue weighted by atomic mass is 10.1. The van der Waals surface area contributed by atoms with Crippen LogP contribution in [-0.4, -0.2) is 0 Å². The average molecular weight is 486 g/mol. The molecule has 0 aromatic heterocycles. The van der Waals surface area contributed by atoms with Crippen LogP contribution < -0.4 is 20.9 Å². The van der Waals surface area contributed by atoms with E-state index in [4.69, 9.17) is 11.5 Å². The third kappa shape index (κ3) is 4.40. The molecule has 0 saturated heterocycles. The van der Waals surface area contributed by atoms with Gasteiger partial charge >= 0.3 is 6.18 Å². The number of benzene rings is 3. The zero-order valence-corrected chi connectivity index (χ0v) is 15.6. The number of rotatable bonds is 4. The summed E-state index contributed by atoms with van der Waals surface area (Å²) in [5, 5.41) is 0. The van der Waals surface area contributed by atoms with Crippen molar-refractivity contribution >= 4 is 11.4 Å². The highest BCUT2D eigenvalue weighted by Gasteiger charge is 2.39. The summed E-state index contributed by atoms with van der Waals surface area (Å²) in [6, 6.07) is 0.254. The molecular formula is C19H8F10N2O2. The lowest BCUT2D eigenvalue weighted by molar-refractivity contribution is -0.141. The largest absolute Gasteiger partial charge is 0.451 e. The van der Waals surface area contributed by atoms with Crippen LogP contribution in [0, 0.1) is 40.7 Å². The van der Waals surface area contributed by atoms with Gasteiger partial charge in [0, 0.05) is 24.3 Å². The van der Waals surface area contributed by atoms with Gasteiger partial charge in [0.05, 0.1) is 0 Å². The first-order valence-electron chi connectivity index (χ1n) is 8.34.